The van der Waals surface area contributed by atoms with Crippen LogP contribution in [0, 0.1) is 5.41 Å². The molecule has 0 saturated heterocycles. The quantitative estimate of drug-likeness (QED) is 0.528. The third-order valence-electron chi connectivity index (χ3n) is 3.31. The molecule has 3 unspecified atom stereocenters. The second-order valence-corrected chi connectivity index (χ2v) is 7.04. The first-order valence-corrected chi connectivity index (χ1v) is 8.29. The van der Waals surface area contributed by atoms with Crippen LogP contribution in [-0.4, -0.2) is 28.9 Å². The smallest absolute Gasteiger partial charge is 0.221 e. The number of amides is 1. The summed E-state index contributed by atoms with van der Waals surface area (Å²) in [5.41, 5.74) is -0.104. The monoisotopic (exact) mass is 275 g/mol. The molecule has 0 bridgehead atoms. The lowest BCUT2D eigenvalue weighted by molar-refractivity contribution is -0.121. The van der Waals surface area contributed by atoms with Crippen molar-refractivity contribution in [3.8, 4) is 0 Å². The van der Waals surface area contributed by atoms with Gasteiger partial charge in [-0.2, -0.15) is 0 Å². The predicted molar refractivity (Wildman–Crippen MR) is 75.8 cm³/mol. The first kappa shape index (κ1) is 14.9. The Morgan fingerprint density at radius 1 is 1.76 bits per heavy atom. The summed E-state index contributed by atoms with van der Waals surface area (Å²) < 4.78 is 0. The van der Waals surface area contributed by atoms with Crippen LogP contribution in [0.15, 0.2) is 12.0 Å². The normalized spacial score (nSPS) is 28.5. The molecule has 98 valence electrons. The number of rotatable bonds is 8. The molecule has 0 heterocycles. The minimum absolute atomic E-state index is 0.0826. The van der Waals surface area contributed by atoms with E-state index in [2.05, 4.69) is 11.9 Å². The van der Waals surface area contributed by atoms with Crippen LogP contribution in [0.4, 0.5) is 0 Å². The molecule has 3 atom stereocenters. The van der Waals surface area contributed by atoms with E-state index in [1.807, 2.05) is 13.8 Å². The maximum atomic E-state index is 11.6. The van der Waals surface area contributed by atoms with E-state index in [-0.39, 0.29) is 23.5 Å². The molecular formula is C12H21NO2S2. The maximum Gasteiger partial charge on any atom is 0.221 e. The molecule has 0 aromatic carbocycles. The fraction of sp³-hybridized carbons (Fsp3) is 0.750. The molecule has 3 nitrogen and oxygen atoms in total. The molecule has 0 aromatic heterocycles. The van der Waals surface area contributed by atoms with Crippen molar-refractivity contribution in [1.82, 2.24) is 5.32 Å². The van der Waals surface area contributed by atoms with Gasteiger partial charge in [0, 0.05) is 23.6 Å². The summed E-state index contributed by atoms with van der Waals surface area (Å²) in [6, 6.07) is 0.155. The molecule has 0 aromatic rings. The highest BCUT2D eigenvalue weighted by Crippen LogP contribution is 2.49. The van der Waals surface area contributed by atoms with Gasteiger partial charge < -0.3 is 10.4 Å². The van der Waals surface area contributed by atoms with Crippen LogP contribution < -0.4 is 5.32 Å². The van der Waals surface area contributed by atoms with E-state index in [1.165, 1.54) is 0 Å². The van der Waals surface area contributed by atoms with Gasteiger partial charge in [0.2, 0.25) is 5.91 Å². The summed E-state index contributed by atoms with van der Waals surface area (Å²) in [7, 11) is 3.18. The van der Waals surface area contributed by atoms with Crippen molar-refractivity contribution < 1.29 is 9.90 Å². The largest absolute Gasteiger partial charge is 0.392 e. The lowest BCUT2D eigenvalue weighted by Crippen LogP contribution is -2.33. The fourth-order valence-electron chi connectivity index (χ4n) is 1.93. The predicted octanol–water partition coefficient (Wildman–Crippen LogP) is 2.57. The van der Waals surface area contributed by atoms with Gasteiger partial charge in [-0.15, -0.1) is 0 Å². The molecule has 1 aliphatic carbocycles. The molecule has 0 spiro atoms. The van der Waals surface area contributed by atoms with Gasteiger partial charge in [0.15, 0.2) is 0 Å². The van der Waals surface area contributed by atoms with Crippen molar-refractivity contribution in [2.45, 2.75) is 45.3 Å². The molecule has 0 radical (unpaired) electrons. The van der Waals surface area contributed by atoms with Gasteiger partial charge in [0.05, 0.1) is 6.10 Å². The van der Waals surface area contributed by atoms with Crippen LogP contribution in [-0.2, 0) is 4.79 Å². The lowest BCUT2D eigenvalue weighted by atomic mass is 9.99. The second kappa shape index (κ2) is 6.71. The molecule has 2 N–H and O–H groups in total. The van der Waals surface area contributed by atoms with Crippen LogP contribution in [0.3, 0.4) is 0 Å². The van der Waals surface area contributed by atoms with E-state index in [0.717, 1.165) is 18.6 Å². The van der Waals surface area contributed by atoms with E-state index >= 15 is 0 Å². The van der Waals surface area contributed by atoms with Gasteiger partial charge in [0.25, 0.3) is 0 Å². The van der Waals surface area contributed by atoms with Crippen molar-refractivity contribution in [1.29, 1.82) is 0 Å². The van der Waals surface area contributed by atoms with Crippen LogP contribution in [0.5, 0.6) is 0 Å². The molecule has 17 heavy (non-hydrogen) atoms. The highest BCUT2D eigenvalue weighted by Gasteiger charge is 2.54. The van der Waals surface area contributed by atoms with Gasteiger partial charge in [0.1, 0.15) is 0 Å². The lowest BCUT2D eigenvalue weighted by Gasteiger charge is -2.17. The molecular weight excluding hydrogens is 254 g/mol. The minimum Gasteiger partial charge on any atom is -0.392 e. The number of hydrogen-bond acceptors (Lipinski definition) is 4. The van der Waals surface area contributed by atoms with E-state index in [9.17, 15) is 9.90 Å². The van der Waals surface area contributed by atoms with E-state index in [4.69, 9.17) is 0 Å². The van der Waals surface area contributed by atoms with Crippen molar-refractivity contribution >= 4 is 27.5 Å². The molecule has 0 aliphatic heterocycles. The zero-order valence-corrected chi connectivity index (χ0v) is 12.1. The summed E-state index contributed by atoms with van der Waals surface area (Å²) in [5.74, 6) is 0.877. The highest BCUT2D eigenvalue weighted by molar-refractivity contribution is 8.77. The summed E-state index contributed by atoms with van der Waals surface area (Å²) in [4.78, 5) is 11.6. The molecule has 1 aliphatic rings. The number of aliphatic hydroxyl groups excluding tert-OH is 1. The van der Waals surface area contributed by atoms with Crippen molar-refractivity contribution in [2.75, 3.05) is 5.75 Å². The van der Waals surface area contributed by atoms with Crippen LogP contribution in [0.1, 0.15) is 33.1 Å². The number of hydrogen-bond donors (Lipinski definition) is 2. The average molecular weight is 275 g/mol. The Bertz CT molecular complexity index is 286. The number of aliphatic hydroxyl groups is 1. The van der Waals surface area contributed by atoms with Gasteiger partial charge in [-0.05, 0) is 18.2 Å². The summed E-state index contributed by atoms with van der Waals surface area (Å²) in [5, 5.41) is 14.6. The summed E-state index contributed by atoms with van der Waals surface area (Å²) >= 11 is 0. The Hall–Kier alpha value is -0.130. The number of nitrogens with one attached hydrogen (secondary N) is 1. The summed E-state index contributed by atoms with van der Waals surface area (Å²) in [6.07, 6.45) is 1.86. The Balaban J connectivity index is 2.19. The van der Waals surface area contributed by atoms with E-state index in [0.29, 0.717) is 6.42 Å². The van der Waals surface area contributed by atoms with Crippen LogP contribution in [0.25, 0.3) is 0 Å². The third kappa shape index (κ3) is 4.23. The second-order valence-electron chi connectivity index (χ2n) is 4.59. The van der Waals surface area contributed by atoms with Crippen LogP contribution >= 0.6 is 21.6 Å². The topological polar surface area (TPSA) is 49.3 Å². The average Bonchev–Trinajstić information content (AvgIpc) is 2.95. The Labute approximate surface area is 111 Å². The molecule has 1 rings (SSSR count). The standard InChI is InChI=1S/C12H21NO2S2/c1-4-10(14)12(3)8-9(12)13-11(15)6-7-17-16-5-2/h5,9-10,14H,2,4,6-8H2,1,3H3,(H,13,15). The summed E-state index contributed by atoms with van der Waals surface area (Å²) in [6.45, 7) is 7.60. The van der Waals surface area contributed by atoms with Crippen molar-refractivity contribution in [2.24, 2.45) is 5.41 Å². The van der Waals surface area contributed by atoms with Gasteiger partial charge >= 0.3 is 0 Å². The minimum atomic E-state index is -0.307. The van der Waals surface area contributed by atoms with Gasteiger partial charge in [-0.3, -0.25) is 4.79 Å². The van der Waals surface area contributed by atoms with Crippen LogP contribution in [0.2, 0.25) is 0 Å². The first-order valence-electron chi connectivity index (χ1n) is 5.91. The van der Waals surface area contributed by atoms with E-state index < -0.39 is 0 Å². The third-order valence-corrected chi connectivity index (χ3v) is 5.27. The molecule has 1 saturated carbocycles. The van der Waals surface area contributed by atoms with Gasteiger partial charge in [-0.1, -0.05) is 42.0 Å². The molecule has 1 fully saturated rings. The number of carbonyl (C=O) groups is 1. The molecule has 1 amide bonds. The Kier molecular flexibility index (Phi) is 5.89. The molecule has 5 heteroatoms. The fourth-order valence-corrected chi connectivity index (χ4v) is 3.22. The SMILES string of the molecule is C=CSSCCC(=O)NC1CC1(C)C(O)CC. The Morgan fingerprint density at radius 2 is 2.47 bits per heavy atom. The number of carbonyl (C=O) groups excluding carboxylic acids is 1. The van der Waals surface area contributed by atoms with Crippen molar-refractivity contribution in [3.05, 3.63) is 12.0 Å². The van der Waals surface area contributed by atoms with E-state index in [1.54, 1.807) is 27.0 Å². The highest BCUT2D eigenvalue weighted by atomic mass is 33.1. The van der Waals surface area contributed by atoms with Crippen molar-refractivity contribution in [3.63, 3.8) is 0 Å². The Morgan fingerprint density at radius 3 is 3.06 bits per heavy atom. The van der Waals surface area contributed by atoms with Gasteiger partial charge in [-0.25, -0.2) is 0 Å². The maximum absolute atomic E-state index is 11.6. The zero-order valence-electron chi connectivity index (χ0n) is 10.4. The first-order chi connectivity index (χ1) is 8.04. The zero-order chi connectivity index (χ0) is 12.9.